The summed E-state index contributed by atoms with van der Waals surface area (Å²) in [6, 6.07) is 15.8. The highest BCUT2D eigenvalue weighted by Gasteiger charge is 2.12. The van der Waals surface area contributed by atoms with Crippen molar-refractivity contribution < 1.29 is 9.84 Å². The highest BCUT2D eigenvalue weighted by Crippen LogP contribution is 2.18. The molecule has 1 aromatic heterocycles. The summed E-state index contributed by atoms with van der Waals surface area (Å²) in [5.41, 5.74) is 3.06. The number of fused-ring (bicyclic) bond motifs is 1. The van der Waals surface area contributed by atoms with Crippen LogP contribution in [0.5, 0.6) is 5.75 Å². The number of rotatable bonds is 5. The first kappa shape index (κ1) is 14.6. The first-order chi connectivity index (χ1) is 10.6. The zero-order chi connectivity index (χ0) is 15.5. The van der Waals surface area contributed by atoms with Crippen molar-refractivity contribution in [2.75, 3.05) is 6.61 Å². The zero-order valence-electron chi connectivity index (χ0n) is 12.9. The Labute approximate surface area is 130 Å². The Morgan fingerprint density at radius 1 is 1.09 bits per heavy atom. The van der Waals surface area contributed by atoms with Gasteiger partial charge in [-0.2, -0.15) is 0 Å². The van der Waals surface area contributed by atoms with E-state index in [-0.39, 0.29) is 6.61 Å². The minimum atomic E-state index is -0.587. The second-order valence-electron chi connectivity index (χ2n) is 5.49. The van der Waals surface area contributed by atoms with Crippen molar-refractivity contribution in [2.45, 2.75) is 26.5 Å². The third-order valence-corrected chi connectivity index (χ3v) is 3.76. The highest BCUT2D eigenvalue weighted by atomic mass is 16.5. The molecule has 0 saturated heterocycles. The van der Waals surface area contributed by atoms with Gasteiger partial charge in [-0.25, -0.2) is 4.98 Å². The molecule has 1 heterocycles. The van der Waals surface area contributed by atoms with Gasteiger partial charge in [-0.15, -0.1) is 0 Å². The van der Waals surface area contributed by atoms with Crippen LogP contribution in [0.25, 0.3) is 11.0 Å². The van der Waals surface area contributed by atoms with E-state index in [2.05, 4.69) is 4.98 Å². The number of hydrogen-bond acceptors (Lipinski definition) is 3. The van der Waals surface area contributed by atoms with Crippen LogP contribution in [0.15, 0.2) is 48.5 Å². The number of aryl methyl sites for hydroxylation is 2. The third kappa shape index (κ3) is 2.97. The molecule has 0 saturated carbocycles. The van der Waals surface area contributed by atoms with Gasteiger partial charge in [0.15, 0.2) is 0 Å². The van der Waals surface area contributed by atoms with E-state index in [9.17, 15) is 5.11 Å². The molecule has 3 aromatic rings. The molecule has 2 aromatic carbocycles. The Hall–Kier alpha value is -2.33. The fraction of sp³-hybridized carbons (Fsp3) is 0.278. The Morgan fingerprint density at radius 3 is 2.64 bits per heavy atom. The number of benzene rings is 2. The van der Waals surface area contributed by atoms with Crippen LogP contribution in [0, 0.1) is 13.8 Å². The molecule has 0 unspecified atom stereocenters. The molecule has 0 amide bonds. The molecule has 1 atom stereocenters. The number of aromatic nitrogens is 2. The van der Waals surface area contributed by atoms with Crippen LogP contribution in [0.1, 0.15) is 11.4 Å². The van der Waals surface area contributed by atoms with E-state index < -0.39 is 6.10 Å². The largest absolute Gasteiger partial charge is 0.491 e. The zero-order valence-corrected chi connectivity index (χ0v) is 12.9. The smallest absolute Gasteiger partial charge is 0.122 e. The number of nitrogens with zero attached hydrogens (tertiary/aromatic N) is 2. The van der Waals surface area contributed by atoms with E-state index in [1.807, 2.05) is 66.9 Å². The topological polar surface area (TPSA) is 47.3 Å². The van der Waals surface area contributed by atoms with Crippen molar-refractivity contribution in [1.29, 1.82) is 0 Å². The second kappa shape index (κ2) is 6.20. The lowest BCUT2D eigenvalue weighted by Crippen LogP contribution is -2.24. The highest BCUT2D eigenvalue weighted by molar-refractivity contribution is 5.75. The molecule has 0 aliphatic heterocycles. The molecule has 0 spiro atoms. The summed E-state index contributed by atoms with van der Waals surface area (Å²) in [5, 5.41) is 10.3. The lowest BCUT2D eigenvalue weighted by Gasteiger charge is -2.15. The lowest BCUT2D eigenvalue weighted by molar-refractivity contribution is 0.0926. The maximum Gasteiger partial charge on any atom is 0.122 e. The Bertz CT molecular complexity index is 780. The van der Waals surface area contributed by atoms with Gasteiger partial charge >= 0.3 is 0 Å². The molecule has 0 bridgehead atoms. The molecule has 0 aliphatic rings. The Kier molecular flexibility index (Phi) is 4.11. The monoisotopic (exact) mass is 296 g/mol. The van der Waals surface area contributed by atoms with E-state index in [1.54, 1.807) is 0 Å². The van der Waals surface area contributed by atoms with Crippen LogP contribution >= 0.6 is 0 Å². The van der Waals surface area contributed by atoms with E-state index in [0.29, 0.717) is 6.54 Å². The van der Waals surface area contributed by atoms with E-state index in [4.69, 9.17) is 4.74 Å². The average Bonchev–Trinajstić information content (AvgIpc) is 2.83. The van der Waals surface area contributed by atoms with Crippen LogP contribution in [-0.4, -0.2) is 27.4 Å². The molecule has 0 aliphatic carbocycles. The number of hydrogen-bond donors (Lipinski definition) is 1. The average molecular weight is 296 g/mol. The van der Waals surface area contributed by atoms with Gasteiger partial charge in [0.05, 0.1) is 17.6 Å². The van der Waals surface area contributed by atoms with Crippen molar-refractivity contribution in [2.24, 2.45) is 0 Å². The number of ether oxygens (including phenoxy) is 1. The van der Waals surface area contributed by atoms with Crippen LogP contribution in [0.2, 0.25) is 0 Å². The number of aliphatic hydroxyl groups is 1. The Balaban J connectivity index is 1.70. The lowest BCUT2D eigenvalue weighted by atomic mass is 10.2. The fourth-order valence-corrected chi connectivity index (χ4v) is 2.59. The normalized spacial score (nSPS) is 12.5. The number of para-hydroxylation sites is 3. The van der Waals surface area contributed by atoms with Gasteiger partial charge in [0.2, 0.25) is 0 Å². The Morgan fingerprint density at radius 2 is 1.82 bits per heavy atom. The van der Waals surface area contributed by atoms with Gasteiger partial charge in [-0.3, -0.25) is 0 Å². The fourth-order valence-electron chi connectivity index (χ4n) is 2.59. The number of aliphatic hydroxyl groups excluding tert-OH is 1. The summed E-state index contributed by atoms with van der Waals surface area (Å²) in [5.74, 6) is 1.71. The molecule has 0 fully saturated rings. The summed E-state index contributed by atoms with van der Waals surface area (Å²) in [6.07, 6.45) is -0.587. The molecule has 3 rings (SSSR count). The van der Waals surface area contributed by atoms with Crippen LogP contribution in [-0.2, 0) is 6.54 Å². The van der Waals surface area contributed by atoms with Gasteiger partial charge in [0, 0.05) is 0 Å². The summed E-state index contributed by atoms with van der Waals surface area (Å²) in [6.45, 7) is 4.68. The van der Waals surface area contributed by atoms with Crippen LogP contribution in [0.3, 0.4) is 0 Å². The van der Waals surface area contributed by atoms with Gasteiger partial charge in [0.25, 0.3) is 0 Å². The molecular formula is C18H20N2O2. The second-order valence-corrected chi connectivity index (χ2v) is 5.49. The van der Waals surface area contributed by atoms with Crippen molar-refractivity contribution in [3.8, 4) is 5.75 Å². The van der Waals surface area contributed by atoms with Crippen molar-refractivity contribution >= 4 is 11.0 Å². The summed E-state index contributed by atoms with van der Waals surface area (Å²) in [7, 11) is 0. The summed E-state index contributed by atoms with van der Waals surface area (Å²) < 4.78 is 7.74. The van der Waals surface area contributed by atoms with E-state index in [0.717, 1.165) is 28.2 Å². The SMILES string of the molecule is Cc1ccccc1OC[C@@H](O)Cn1c(C)nc2ccccc21. The van der Waals surface area contributed by atoms with Crippen molar-refractivity contribution in [1.82, 2.24) is 9.55 Å². The maximum absolute atomic E-state index is 10.3. The van der Waals surface area contributed by atoms with Gasteiger partial charge in [-0.05, 0) is 37.6 Å². The molecular weight excluding hydrogens is 276 g/mol. The predicted molar refractivity (Wildman–Crippen MR) is 87.2 cm³/mol. The van der Waals surface area contributed by atoms with Crippen molar-refractivity contribution in [3.05, 3.63) is 59.9 Å². The van der Waals surface area contributed by atoms with Crippen molar-refractivity contribution in [3.63, 3.8) is 0 Å². The minimum Gasteiger partial charge on any atom is -0.491 e. The van der Waals surface area contributed by atoms with Gasteiger partial charge < -0.3 is 14.4 Å². The van der Waals surface area contributed by atoms with Gasteiger partial charge in [0.1, 0.15) is 24.3 Å². The molecule has 4 nitrogen and oxygen atoms in total. The minimum absolute atomic E-state index is 0.261. The quantitative estimate of drug-likeness (QED) is 0.787. The third-order valence-electron chi connectivity index (χ3n) is 3.76. The summed E-state index contributed by atoms with van der Waals surface area (Å²) in [4.78, 5) is 4.51. The molecule has 4 heteroatoms. The molecule has 1 N–H and O–H groups in total. The molecule has 22 heavy (non-hydrogen) atoms. The summed E-state index contributed by atoms with van der Waals surface area (Å²) >= 11 is 0. The molecule has 0 radical (unpaired) electrons. The van der Waals surface area contributed by atoms with Crippen LogP contribution in [0.4, 0.5) is 0 Å². The predicted octanol–water partition coefficient (Wildman–Crippen LogP) is 3.09. The van der Waals surface area contributed by atoms with E-state index >= 15 is 0 Å². The first-order valence-corrected chi connectivity index (χ1v) is 7.43. The molecule has 114 valence electrons. The standard InChI is InChI=1S/C18H20N2O2/c1-13-7-3-6-10-18(13)22-12-15(21)11-20-14(2)19-16-8-4-5-9-17(16)20/h3-10,15,21H,11-12H2,1-2H3/t15-/m0/s1. The van der Waals surface area contributed by atoms with Gasteiger partial charge in [-0.1, -0.05) is 30.3 Å². The van der Waals surface area contributed by atoms with E-state index in [1.165, 1.54) is 0 Å². The maximum atomic E-state index is 10.3. The van der Waals surface area contributed by atoms with Crippen LogP contribution < -0.4 is 4.74 Å². The first-order valence-electron chi connectivity index (χ1n) is 7.43. The number of imidazole rings is 1.